The topological polar surface area (TPSA) is 217 Å². The molecule has 0 bridgehead atoms. The van der Waals surface area contributed by atoms with Gasteiger partial charge in [0.25, 0.3) is 0 Å². The molecule has 0 aliphatic heterocycles. The Balaban J connectivity index is 1.10. The van der Waals surface area contributed by atoms with Crippen LogP contribution in [0.15, 0.2) is 218 Å². The molecule has 108 heavy (non-hydrogen) atoms. The Morgan fingerprint density at radius 1 is 0.306 bits per heavy atom. The monoisotopic (exact) mass is 1390 g/mol. The molecule has 0 saturated heterocycles. The van der Waals surface area contributed by atoms with Crippen LogP contribution in [0.3, 0.4) is 0 Å². The lowest BCUT2D eigenvalue weighted by Gasteiger charge is -2.23. The van der Waals surface area contributed by atoms with Crippen LogP contribution in [-0.2, 0) is 6.18 Å². The van der Waals surface area contributed by atoms with Crippen LogP contribution in [0.25, 0.3) is 174 Å². The minimum atomic E-state index is -5.15. The number of hydrogen-bond acceptors (Lipinski definition) is 9. The van der Waals surface area contributed by atoms with Crippen LogP contribution in [0.1, 0.15) is 38.9 Å². The summed E-state index contributed by atoms with van der Waals surface area (Å²) >= 11 is 0. The van der Waals surface area contributed by atoms with Gasteiger partial charge < -0.3 is 9.13 Å². The highest BCUT2D eigenvalue weighted by Crippen LogP contribution is 2.51. The van der Waals surface area contributed by atoms with Crippen molar-refractivity contribution in [1.82, 2.24) is 24.1 Å². The molecule has 15 aromatic rings. The van der Waals surface area contributed by atoms with E-state index in [-0.39, 0.29) is 135 Å². The van der Waals surface area contributed by atoms with E-state index in [1.807, 2.05) is 72.8 Å². The predicted molar refractivity (Wildman–Crippen MR) is 403 cm³/mol. The molecule has 15 rings (SSSR count). The van der Waals surface area contributed by atoms with Gasteiger partial charge in [-0.2, -0.15) is 44.7 Å². The molecule has 12 aromatic carbocycles. The molecule has 17 nitrogen and oxygen atoms in total. The van der Waals surface area contributed by atoms with E-state index in [1.54, 1.807) is 100 Å². The van der Waals surface area contributed by atoms with E-state index in [0.29, 0.717) is 77.0 Å². The average molecular weight is 1390 g/mol. The second kappa shape index (κ2) is 26.8. The van der Waals surface area contributed by atoms with Gasteiger partial charge in [0.1, 0.15) is 0 Å². The van der Waals surface area contributed by atoms with Gasteiger partial charge in [0.15, 0.2) is 51.6 Å². The molecule has 0 radical (unpaired) electrons. The number of nitrogens with zero attached hydrogens (tertiary/aromatic N) is 17. The highest BCUT2D eigenvalue weighted by Gasteiger charge is 2.37. The van der Waals surface area contributed by atoms with E-state index < -0.39 is 11.7 Å². The van der Waals surface area contributed by atoms with Crippen molar-refractivity contribution in [1.29, 1.82) is 31.6 Å². The number of alkyl halides is 3. The molecule has 0 unspecified atom stereocenters. The van der Waals surface area contributed by atoms with Gasteiger partial charge in [-0.1, -0.05) is 103 Å². The summed E-state index contributed by atoms with van der Waals surface area (Å²) in [5.41, 5.74) is 3.45. The summed E-state index contributed by atoms with van der Waals surface area (Å²) < 4.78 is 55.0. The third-order valence-corrected chi connectivity index (χ3v) is 18.7. The van der Waals surface area contributed by atoms with E-state index in [9.17, 15) is 31.6 Å². The average Bonchev–Trinajstić information content (AvgIpc) is 1.50. The number of benzene rings is 12. The highest BCUT2D eigenvalue weighted by atomic mass is 19.4. The van der Waals surface area contributed by atoms with E-state index in [0.717, 1.165) is 6.07 Å². The molecule has 3 aromatic heterocycles. The molecule has 3 heterocycles. The first-order chi connectivity index (χ1) is 52.6. The number of nitriles is 6. The second-order valence-electron chi connectivity index (χ2n) is 24.5. The van der Waals surface area contributed by atoms with Crippen molar-refractivity contribution in [2.24, 2.45) is 0 Å². The van der Waals surface area contributed by atoms with Gasteiger partial charge in [-0.05, 0) is 138 Å². The molecule has 0 N–H and O–H groups in total. The van der Waals surface area contributed by atoms with Crippen molar-refractivity contribution in [3.63, 3.8) is 0 Å². The van der Waals surface area contributed by atoms with Gasteiger partial charge >= 0.3 is 6.18 Å². The van der Waals surface area contributed by atoms with Crippen molar-refractivity contribution in [2.45, 2.75) is 6.18 Å². The van der Waals surface area contributed by atoms with Crippen LogP contribution in [-0.4, -0.2) is 24.1 Å². The van der Waals surface area contributed by atoms with Gasteiger partial charge in [0.05, 0.1) is 126 Å². The van der Waals surface area contributed by atoms with Crippen LogP contribution in [0.4, 0.5) is 47.3 Å². The van der Waals surface area contributed by atoms with Gasteiger partial charge in [0, 0.05) is 93.9 Å². The van der Waals surface area contributed by atoms with Crippen molar-refractivity contribution in [3.05, 3.63) is 326 Å². The first-order valence-electron chi connectivity index (χ1n) is 32.4. The Labute approximate surface area is 612 Å². The van der Waals surface area contributed by atoms with E-state index in [1.165, 1.54) is 60.7 Å². The predicted octanol–water partition coefficient (Wildman–Crippen LogP) is 23.0. The maximum Gasteiger partial charge on any atom is 0.417 e. The summed E-state index contributed by atoms with van der Waals surface area (Å²) in [5.74, 6) is 0.547. The van der Waals surface area contributed by atoms with Gasteiger partial charge in [-0.15, -0.1) is 0 Å². The first-order valence-corrected chi connectivity index (χ1v) is 32.4. The minimum absolute atomic E-state index is 0.00384. The summed E-state index contributed by atoms with van der Waals surface area (Å²) in [7, 11) is 0. The van der Waals surface area contributed by atoms with Crippen molar-refractivity contribution < 1.29 is 13.2 Å². The molecule has 0 amide bonds. The van der Waals surface area contributed by atoms with Crippen LogP contribution in [0.5, 0.6) is 0 Å². The number of halogens is 3. The molecule has 0 saturated carbocycles. The van der Waals surface area contributed by atoms with Gasteiger partial charge in [-0.3, -0.25) is 0 Å². The maximum absolute atomic E-state index is 17.2. The summed E-state index contributed by atoms with van der Waals surface area (Å²) in [6, 6.07) is 70.5. The molecule has 494 valence electrons. The first kappa shape index (κ1) is 66.8. The largest absolute Gasteiger partial charge is 0.417 e. The molecule has 0 aliphatic rings. The summed E-state index contributed by atoms with van der Waals surface area (Å²) in [4.78, 5) is 37.0. The van der Waals surface area contributed by atoms with Gasteiger partial charge in [-0.25, -0.2) is 44.0 Å². The van der Waals surface area contributed by atoms with Crippen molar-refractivity contribution >= 4 is 77.7 Å². The summed E-state index contributed by atoms with van der Waals surface area (Å²) in [5, 5.41) is 64.2. The zero-order valence-electron chi connectivity index (χ0n) is 55.5. The SMILES string of the molecule is [C-]#[N+]c1cc(C#N)c(-c2ccc3c(c2)c2cc(-c4c(C#N)cc(C#N)cc4[N+]#[C-])ccc2n3-c2ccc(-c3nc(-c4ccccc4)nc(-c4ccccc4)n3)cc2-c2c(-n3c4ccc(-c5c(C#N)cc(C#N)cc5[N+]#[C-])cc4c4cc(-c5c(C#N)cc([N+]#[C-])cc5[N+]#[C-])ccc43)cccc2C(F)(F)F)c([N+]#[C-])c1. The van der Waals surface area contributed by atoms with Gasteiger partial charge in [0.2, 0.25) is 0 Å². The molecule has 20 heteroatoms. The lowest BCUT2D eigenvalue weighted by molar-refractivity contribution is -0.137. The quantitative estimate of drug-likeness (QED) is 0.119. The van der Waals surface area contributed by atoms with Crippen molar-refractivity contribution in [3.8, 4) is 138 Å². The molecule has 0 fully saturated rings. The van der Waals surface area contributed by atoms with Crippen LogP contribution < -0.4 is 0 Å². The molecule has 0 atom stereocenters. The fourth-order valence-electron chi connectivity index (χ4n) is 14.1. The molecule has 0 spiro atoms. The fraction of sp³-hybridized carbons (Fsp3) is 0.0114. The maximum atomic E-state index is 17.2. The zero-order chi connectivity index (χ0) is 75.2. The zero-order valence-corrected chi connectivity index (χ0v) is 55.5. The third-order valence-electron chi connectivity index (χ3n) is 18.7. The normalized spacial score (nSPS) is 10.8. The Morgan fingerprint density at radius 2 is 0.657 bits per heavy atom. The van der Waals surface area contributed by atoms with E-state index in [2.05, 4.69) is 53.3 Å². The molecule has 0 aliphatic carbocycles. The van der Waals surface area contributed by atoms with E-state index in [4.69, 9.17) is 54.4 Å². The Morgan fingerprint density at radius 3 is 1.01 bits per heavy atom. The lowest BCUT2D eigenvalue weighted by atomic mass is 9.93. The number of rotatable bonds is 10. The molecular formula is C88H36F3N17. The summed E-state index contributed by atoms with van der Waals surface area (Å²) in [6.07, 6.45) is -5.15. The Bertz CT molecular complexity index is 6580. The smallest absolute Gasteiger partial charge is 0.309 e. The third kappa shape index (κ3) is 11.2. The van der Waals surface area contributed by atoms with Crippen LogP contribution >= 0.6 is 0 Å². The Kier molecular flexibility index (Phi) is 16.6. The standard InChI is InChI=1S/C88H36F3N17/c1-98-62-34-60(47-96)82(72(41-62)102-5)55-21-26-75-65(38-55)64-36-53(80-58(45-94)30-49(43-92)32-70(80)100-3)20-25-74(64)107(75)78-29-24-57(87-105-85(51-14-9-7-10-15-51)104-86(106-87)52-16-11-8-12-17-52)40-68(78)84-69(88(89,90)91)18-13-19-79(84)108-76-27-22-54(81-59(46-95)31-50(44-93)33-71(81)101-4)37-66(76)67-39-56(23-28-77(67)108)83-61(48-97)35-63(99-2)42-73(83)103-6/h7-42H. The van der Waals surface area contributed by atoms with Crippen molar-refractivity contribution in [2.75, 3.05) is 0 Å². The number of aromatic nitrogens is 5. The minimum Gasteiger partial charge on any atom is -0.309 e. The second-order valence-corrected chi connectivity index (χ2v) is 24.5. The van der Waals surface area contributed by atoms with E-state index >= 15 is 13.2 Å². The fourth-order valence-corrected chi connectivity index (χ4v) is 14.1. The Hall–Kier alpha value is -17.1. The molecular weight excluding hydrogens is 1350 g/mol. The van der Waals surface area contributed by atoms with Crippen LogP contribution in [0, 0.1) is 107 Å². The highest BCUT2D eigenvalue weighted by molar-refractivity contribution is 6.15. The lowest BCUT2D eigenvalue weighted by Crippen LogP contribution is -2.11. The number of hydrogen-bond donors (Lipinski definition) is 0. The van der Waals surface area contributed by atoms with Crippen LogP contribution in [0.2, 0.25) is 0 Å². The number of fused-ring (bicyclic) bond motifs is 6. The summed E-state index contributed by atoms with van der Waals surface area (Å²) in [6.45, 7) is 48.7.